The standard InChI is InChI=1S/C24H26ClN3O5/c1-30-20-8-7-17(22(31-2)23(20)32-3)15-27-9-11-28(12-10-27)24(29)19-14-21(33-26-19)16-5-4-6-18(25)13-16/h4-8,13-14H,9-12,15H2,1-3H3. The normalized spacial score (nSPS) is 14.2. The highest BCUT2D eigenvalue weighted by Crippen LogP contribution is 2.40. The molecule has 0 aliphatic carbocycles. The maximum Gasteiger partial charge on any atom is 0.276 e. The first-order valence-corrected chi connectivity index (χ1v) is 10.9. The van der Waals surface area contributed by atoms with Gasteiger partial charge in [-0.25, -0.2) is 0 Å². The predicted molar refractivity (Wildman–Crippen MR) is 124 cm³/mol. The van der Waals surface area contributed by atoms with Gasteiger partial charge in [-0.2, -0.15) is 0 Å². The van der Waals surface area contributed by atoms with Crippen molar-refractivity contribution in [2.24, 2.45) is 0 Å². The van der Waals surface area contributed by atoms with Crippen LogP contribution in [0, 0.1) is 0 Å². The van der Waals surface area contributed by atoms with Gasteiger partial charge in [-0.1, -0.05) is 35.0 Å². The Balaban J connectivity index is 1.39. The highest BCUT2D eigenvalue weighted by atomic mass is 35.5. The number of carbonyl (C=O) groups excluding carboxylic acids is 1. The number of carbonyl (C=O) groups is 1. The summed E-state index contributed by atoms with van der Waals surface area (Å²) < 4.78 is 21.8. The van der Waals surface area contributed by atoms with Crippen LogP contribution >= 0.6 is 11.6 Å². The van der Waals surface area contributed by atoms with Crippen LogP contribution in [0.1, 0.15) is 16.1 Å². The molecule has 1 saturated heterocycles. The first-order valence-electron chi connectivity index (χ1n) is 10.6. The van der Waals surface area contributed by atoms with Crippen molar-refractivity contribution in [3.8, 4) is 28.6 Å². The van der Waals surface area contributed by atoms with Gasteiger partial charge in [-0.15, -0.1) is 0 Å². The van der Waals surface area contributed by atoms with Crippen molar-refractivity contribution in [3.63, 3.8) is 0 Å². The Morgan fingerprint density at radius 1 is 1.00 bits per heavy atom. The molecule has 0 atom stereocenters. The zero-order valence-electron chi connectivity index (χ0n) is 18.8. The number of piperazine rings is 1. The van der Waals surface area contributed by atoms with E-state index in [4.69, 9.17) is 30.3 Å². The summed E-state index contributed by atoms with van der Waals surface area (Å²) in [6.45, 7) is 3.31. The number of amides is 1. The number of methoxy groups -OCH3 is 3. The van der Waals surface area contributed by atoms with Gasteiger partial charge < -0.3 is 23.6 Å². The smallest absolute Gasteiger partial charge is 0.276 e. The molecule has 1 amide bonds. The fraction of sp³-hybridized carbons (Fsp3) is 0.333. The minimum atomic E-state index is -0.143. The highest BCUT2D eigenvalue weighted by molar-refractivity contribution is 6.30. The van der Waals surface area contributed by atoms with Gasteiger partial charge in [0.2, 0.25) is 5.75 Å². The van der Waals surface area contributed by atoms with Gasteiger partial charge in [0.15, 0.2) is 23.0 Å². The number of benzene rings is 2. The van der Waals surface area contributed by atoms with Crippen LogP contribution in [0.4, 0.5) is 0 Å². The lowest BCUT2D eigenvalue weighted by Crippen LogP contribution is -2.48. The first kappa shape index (κ1) is 22.9. The number of hydrogen-bond donors (Lipinski definition) is 0. The zero-order valence-corrected chi connectivity index (χ0v) is 19.6. The van der Waals surface area contributed by atoms with Crippen molar-refractivity contribution in [1.29, 1.82) is 0 Å². The first-order chi connectivity index (χ1) is 16.0. The Morgan fingerprint density at radius 2 is 1.76 bits per heavy atom. The molecule has 0 unspecified atom stereocenters. The summed E-state index contributed by atoms with van der Waals surface area (Å²) >= 11 is 6.05. The molecule has 1 aliphatic rings. The molecule has 1 fully saturated rings. The van der Waals surface area contributed by atoms with E-state index in [2.05, 4.69) is 10.1 Å². The summed E-state index contributed by atoms with van der Waals surface area (Å²) in [5.41, 5.74) is 2.07. The second-order valence-corrected chi connectivity index (χ2v) is 8.08. The number of rotatable bonds is 7. The van der Waals surface area contributed by atoms with Crippen molar-refractivity contribution < 1.29 is 23.5 Å². The highest BCUT2D eigenvalue weighted by Gasteiger charge is 2.26. The summed E-state index contributed by atoms with van der Waals surface area (Å²) in [5, 5.41) is 4.57. The number of hydrogen-bond acceptors (Lipinski definition) is 7. The number of ether oxygens (including phenoxy) is 3. The topological polar surface area (TPSA) is 77.3 Å². The van der Waals surface area contributed by atoms with E-state index in [0.29, 0.717) is 53.4 Å². The SMILES string of the molecule is COc1ccc(CN2CCN(C(=O)c3cc(-c4cccc(Cl)c4)on3)CC2)c(OC)c1OC. The molecule has 1 aromatic heterocycles. The van der Waals surface area contributed by atoms with Crippen molar-refractivity contribution in [3.05, 3.63) is 58.7 Å². The molecule has 174 valence electrons. The van der Waals surface area contributed by atoms with Crippen LogP contribution in [-0.2, 0) is 6.54 Å². The van der Waals surface area contributed by atoms with Gasteiger partial charge in [0.1, 0.15) is 0 Å². The third kappa shape index (κ3) is 4.91. The average Bonchev–Trinajstić information content (AvgIpc) is 3.34. The van der Waals surface area contributed by atoms with Crippen molar-refractivity contribution in [2.45, 2.75) is 6.54 Å². The van der Waals surface area contributed by atoms with Gasteiger partial charge in [0.25, 0.3) is 5.91 Å². The summed E-state index contributed by atoms with van der Waals surface area (Å²) in [4.78, 5) is 17.0. The van der Waals surface area contributed by atoms with Crippen LogP contribution in [0.2, 0.25) is 5.02 Å². The van der Waals surface area contributed by atoms with Crippen LogP contribution in [0.3, 0.4) is 0 Å². The molecule has 0 N–H and O–H groups in total. The minimum Gasteiger partial charge on any atom is -0.493 e. The van der Waals surface area contributed by atoms with E-state index in [1.54, 1.807) is 44.4 Å². The number of halogens is 1. The Morgan fingerprint density at radius 3 is 2.42 bits per heavy atom. The Kier molecular flexibility index (Phi) is 7.05. The molecular weight excluding hydrogens is 446 g/mol. The fourth-order valence-corrected chi connectivity index (χ4v) is 4.14. The van der Waals surface area contributed by atoms with Gasteiger partial charge in [0, 0.05) is 54.9 Å². The van der Waals surface area contributed by atoms with Crippen molar-refractivity contribution in [2.75, 3.05) is 47.5 Å². The summed E-state index contributed by atoms with van der Waals surface area (Å²) in [5.74, 6) is 2.23. The van der Waals surface area contributed by atoms with Crippen LogP contribution in [0.15, 0.2) is 47.0 Å². The maximum absolute atomic E-state index is 12.9. The van der Waals surface area contributed by atoms with E-state index >= 15 is 0 Å². The quantitative estimate of drug-likeness (QED) is 0.515. The van der Waals surface area contributed by atoms with E-state index < -0.39 is 0 Å². The lowest BCUT2D eigenvalue weighted by molar-refractivity contribution is 0.0617. The molecule has 9 heteroatoms. The van der Waals surface area contributed by atoms with Crippen LogP contribution < -0.4 is 14.2 Å². The molecule has 4 rings (SSSR count). The largest absolute Gasteiger partial charge is 0.493 e. The van der Waals surface area contributed by atoms with Gasteiger partial charge in [-0.05, 0) is 18.2 Å². The van der Waals surface area contributed by atoms with E-state index in [-0.39, 0.29) is 5.91 Å². The van der Waals surface area contributed by atoms with Crippen molar-refractivity contribution >= 4 is 17.5 Å². The molecule has 8 nitrogen and oxygen atoms in total. The molecule has 2 heterocycles. The third-order valence-corrected chi connectivity index (χ3v) is 5.91. The Labute approximate surface area is 197 Å². The summed E-state index contributed by atoms with van der Waals surface area (Å²) in [7, 11) is 4.81. The fourth-order valence-electron chi connectivity index (χ4n) is 3.95. The number of nitrogens with zero attached hydrogens (tertiary/aromatic N) is 3. The molecular formula is C24H26ClN3O5. The number of aromatic nitrogens is 1. The average molecular weight is 472 g/mol. The molecule has 0 radical (unpaired) electrons. The monoisotopic (exact) mass is 471 g/mol. The molecule has 0 bridgehead atoms. The predicted octanol–water partition coefficient (Wildman–Crippen LogP) is 3.98. The molecule has 1 aliphatic heterocycles. The Hall–Kier alpha value is -3.23. The van der Waals surface area contributed by atoms with Gasteiger partial charge in [-0.3, -0.25) is 9.69 Å². The van der Waals surface area contributed by atoms with Gasteiger partial charge >= 0.3 is 0 Å². The van der Waals surface area contributed by atoms with E-state index in [1.165, 1.54) is 0 Å². The maximum atomic E-state index is 12.9. The van der Waals surface area contributed by atoms with Crippen molar-refractivity contribution in [1.82, 2.24) is 15.0 Å². The molecule has 0 saturated carbocycles. The summed E-state index contributed by atoms with van der Waals surface area (Å²) in [6.07, 6.45) is 0. The van der Waals surface area contributed by atoms with E-state index in [0.717, 1.165) is 24.2 Å². The lowest BCUT2D eigenvalue weighted by atomic mass is 10.1. The lowest BCUT2D eigenvalue weighted by Gasteiger charge is -2.34. The summed E-state index contributed by atoms with van der Waals surface area (Å²) in [6, 6.07) is 12.8. The Bertz CT molecular complexity index is 1130. The van der Waals surface area contributed by atoms with Crippen LogP contribution in [0.5, 0.6) is 17.2 Å². The van der Waals surface area contributed by atoms with Crippen LogP contribution in [0.25, 0.3) is 11.3 Å². The van der Waals surface area contributed by atoms with Gasteiger partial charge in [0.05, 0.1) is 21.3 Å². The molecule has 33 heavy (non-hydrogen) atoms. The van der Waals surface area contributed by atoms with Crippen LogP contribution in [-0.4, -0.2) is 68.4 Å². The molecule has 2 aromatic carbocycles. The second-order valence-electron chi connectivity index (χ2n) is 7.65. The van der Waals surface area contributed by atoms with E-state index in [1.807, 2.05) is 24.3 Å². The second kappa shape index (κ2) is 10.1. The van der Waals surface area contributed by atoms with E-state index in [9.17, 15) is 4.79 Å². The molecule has 3 aromatic rings. The molecule has 0 spiro atoms. The third-order valence-electron chi connectivity index (χ3n) is 5.68. The minimum absolute atomic E-state index is 0.143. The zero-order chi connectivity index (χ0) is 23.4.